The standard InChI is InChI=1S/C10H23F2N3S2/c1-3-13-5-9(11,7-16)15-6-10(12,8-17)14-4-2/h13-17H,3-8H2,1-2H3. The van der Waals surface area contributed by atoms with E-state index in [0.717, 1.165) is 0 Å². The highest BCUT2D eigenvalue weighted by Crippen LogP contribution is 2.13. The van der Waals surface area contributed by atoms with Crippen LogP contribution in [0, 0.1) is 0 Å². The van der Waals surface area contributed by atoms with E-state index in [4.69, 9.17) is 0 Å². The summed E-state index contributed by atoms with van der Waals surface area (Å²) < 4.78 is 28.2. The number of thiol groups is 2. The van der Waals surface area contributed by atoms with Crippen molar-refractivity contribution in [3.8, 4) is 0 Å². The summed E-state index contributed by atoms with van der Waals surface area (Å²) in [4.78, 5) is 0. The molecule has 0 amide bonds. The van der Waals surface area contributed by atoms with Gasteiger partial charge in [0.25, 0.3) is 0 Å². The van der Waals surface area contributed by atoms with Crippen LogP contribution in [0.2, 0.25) is 0 Å². The molecule has 0 rings (SSSR count). The highest BCUT2D eigenvalue weighted by molar-refractivity contribution is 7.80. The Bertz CT molecular complexity index is 212. The Hall–Kier alpha value is 0.440. The van der Waals surface area contributed by atoms with Crippen LogP contribution in [0.5, 0.6) is 0 Å². The van der Waals surface area contributed by atoms with Gasteiger partial charge < -0.3 is 5.32 Å². The molecule has 0 heterocycles. The summed E-state index contributed by atoms with van der Waals surface area (Å²) in [5, 5.41) is 8.09. The molecular formula is C10H23F2N3S2. The van der Waals surface area contributed by atoms with Gasteiger partial charge >= 0.3 is 0 Å². The van der Waals surface area contributed by atoms with E-state index in [0.29, 0.717) is 13.1 Å². The Morgan fingerprint density at radius 1 is 0.882 bits per heavy atom. The van der Waals surface area contributed by atoms with Gasteiger partial charge in [-0.15, -0.1) is 0 Å². The van der Waals surface area contributed by atoms with Crippen molar-refractivity contribution >= 4 is 25.3 Å². The van der Waals surface area contributed by atoms with Crippen LogP contribution in [0.1, 0.15) is 13.8 Å². The van der Waals surface area contributed by atoms with Crippen LogP contribution in [0.15, 0.2) is 0 Å². The smallest absolute Gasteiger partial charge is 0.183 e. The van der Waals surface area contributed by atoms with Crippen molar-refractivity contribution in [1.82, 2.24) is 16.0 Å². The largest absolute Gasteiger partial charge is 0.313 e. The maximum absolute atomic E-state index is 14.1. The Morgan fingerprint density at radius 2 is 1.41 bits per heavy atom. The van der Waals surface area contributed by atoms with Gasteiger partial charge in [-0.2, -0.15) is 25.3 Å². The zero-order valence-corrected chi connectivity index (χ0v) is 12.2. The van der Waals surface area contributed by atoms with E-state index < -0.39 is 11.6 Å². The summed E-state index contributed by atoms with van der Waals surface area (Å²) in [7, 11) is 0. The van der Waals surface area contributed by atoms with Crippen molar-refractivity contribution in [1.29, 1.82) is 0 Å². The highest BCUT2D eigenvalue weighted by atomic mass is 32.1. The fourth-order valence-corrected chi connectivity index (χ4v) is 1.73. The topological polar surface area (TPSA) is 36.1 Å². The van der Waals surface area contributed by atoms with Gasteiger partial charge in [-0.1, -0.05) is 13.8 Å². The molecule has 2 unspecified atom stereocenters. The molecule has 3 N–H and O–H groups in total. The SMILES string of the molecule is CCNCC(F)(CS)NCC(F)(CS)NCC. The monoisotopic (exact) mass is 287 g/mol. The summed E-state index contributed by atoms with van der Waals surface area (Å²) in [6.07, 6.45) is 0. The van der Waals surface area contributed by atoms with E-state index in [1.54, 1.807) is 6.92 Å². The molecule has 0 aromatic carbocycles. The van der Waals surface area contributed by atoms with Crippen molar-refractivity contribution in [2.75, 3.05) is 37.7 Å². The summed E-state index contributed by atoms with van der Waals surface area (Å²) in [6.45, 7) is 4.74. The molecule has 0 aromatic heterocycles. The predicted octanol–water partition coefficient (Wildman–Crippen LogP) is 0.986. The number of nitrogens with one attached hydrogen (secondary N) is 3. The summed E-state index contributed by atoms with van der Waals surface area (Å²) >= 11 is 7.88. The van der Waals surface area contributed by atoms with E-state index in [1.807, 2.05) is 6.92 Å². The van der Waals surface area contributed by atoms with Gasteiger partial charge in [-0.3, -0.25) is 10.6 Å². The molecule has 0 aliphatic rings. The second kappa shape index (κ2) is 8.53. The average molecular weight is 287 g/mol. The van der Waals surface area contributed by atoms with E-state index >= 15 is 0 Å². The minimum atomic E-state index is -1.71. The van der Waals surface area contributed by atoms with E-state index in [2.05, 4.69) is 41.2 Å². The van der Waals surface area contributed by atoms with Crippen LogP contribution in [-0.4, -0.2) is 49.3 Å². The van der Waals surface area contributed by atoms with Crippen LogP contribution in [0.25, 0.3) is 0 Å². The van der Waals surface area contributed by atoms with Crippen molar-refractivity contribution in [2.45, 2.75) is 25.4 Å². The molecule has 0 fully saturated rings. The lowest BCUT2D eigenvalue weighted by Gasteiger charge is -2.31. The molecule has 0 aliphatic carbocycles. The van der Waals surface area contributed by atoms with Crippen LogP contribution >= 0.6 is 25.3 Å². The second-order valence-corrected chi connectivity index (χ2v) is 4.54. The molecule has 3 nitrogen and oxygen atoms in total. The Labute approximate surface area is 113 Å². The Morgan fingerprint density at radius 3 is 1.82 bits per heavy atom. The third-order valence-electron chi connectivity index (χ3n) is 2.34. The molecular weight excluding hydrogens is 264 g/mol. The van der Waals surface area contributed by atoms with Gasteiger partial charge in [-0.05, 0) is 13.1 Å². The summed E-state index contributed by atoms with van der Waals surface area (Å²) in [5.74, 6) is -3.45. The fourth-order valence-electron chi connectivity index (χ4n) is 1.29. The van der Waals surface area contributed by atoms with Gasteiger partial charge in [0.2, 0.25) is 0 Å². The average Bonchev–Trinajstić information content (AvgIpc) is 2.34. The lowest BCUT2D eigenvalue weighted by molar-refractivity contribution is 0.0822. The fraction of sp³-hybridized carbons (Fsp3) is 1.00. The van der Waals surface area contributed by atoms with Gasteiger partial charge in [0.05, 0.1) is 0 Å². The molecule has 0 aliphatic heterocycles. The third-order valence-corrected chi connectivity index (χ3v) is 3.34. The molecule has 0 radical (unpaired) electrons. The van der Waals surface area contributed by atoms with Crippen molar-refractivity contribution in [3.63, 3.8) is 0 Å². The zero-order valence-electron chi connectivity index (χ0n) is 10.4. The third kappa shape index (κ3) is 6.81. The van der Waals surface area contributed by atoms with Gasteiger partial charge in [0.15, 0.2) is 11.6 Å². The number of likely N-dealkylation sites (N-methyl/N-ethyl adjacent to an activating group) is 2. The van der Waals surface area contributed by atoms with E-state index in [-0.39, 0.29) is 24.6 Å². The van der Waals surface area contributed by atoms with Crippen molar-refractivity contribution in [3.05, 3.63) is 0 Å². The first-order valence-corrected chi connectivity index (χ1v) is 7.02. The Balaban J connectivity index is 4.27. The van der Waals surface area contributed by atoms with Crippen LogP contribution in [-0.2, 0) is 0 Å². The molecule has 0 aromatic rings. The highest BCUT2D eigenvalue weighted by Gasteiger charge is 2.33. The van der Waals surface area contributed by atoms with Gasteiger partial charge in [0.1, 0.15) is 0 Å². The molecule has 7 heteroatoms. The maximum atomic E-state index is 14.1. The van der Waals surface area contributed by atoms with Crippen molar-refractivity contribution < 1.29 is 8.78 Å². The molecule has 17 heavy (non-hydrogen) atoms. The summed E-state index contributed by atoms with van der Waals surface area (Å²) in [5.41, 5.74) is 0. The van der Waals surface area contributed by atoms with Gasteiger partial charge in [-0.25, -0.2) is 8.78 Å². The molecule has 0 spiro atoms. The quantitative estimate of drug-likeness (QED) is 0.307. The lowest BCUT2D eigenvalue weighted by atomic mass is 10.2. The molecule has 0 bridgehead atoms. The minimum absolute atomic E-state index is 0.0162. The first-order valence-electron chi connectivity index (χ1n) is 5.75. The maximum Gasteiger partial charge on any atom is 0.183 e. The molecule has 0 saturated heterocycles. The van der Waals surface area contributed by atoms with Crippen LogP contribution in [0.3, 0.4) is 0 Å². The lowest BCUT2D eigenvalue weighted by Crippen LogP contribution is -2.58. The van der Waals surface area contributed by atoms with Crippen molar-refractivity contribution in [2.24, 2.45) is 0 Å². The van der Waals surface area contributed by atoms with E-state index in [1.165, 1.54) is 0 Å². The van der Waals surface area contributed by atoms with Crippen LogP contribution < -0.4 is 16.0 Å². The number of hydrogen-bond acceptors (Lipinski definition) is 5. The predicted molar refractivity (Wildman–Crippen MR) is 75.6 cm³/mol. The number of halogens is 2. The number of rotatable bonds is 10. The zero-order chi connectivity index (χ0) is 13.4. The minimum Gasteiger partial charge on any atom is -0.313 e. The second-order valence-electron chi connectivity index (χ2n) is 3.91. The number of hydrogen-bond donors (Lipinski definition) is 5. The first kappa shape index (κ1) is 17.4. The molecule has 2 atom stereocenters. The first-order chi connectivity index (χ1) is 7.95. The van der Waals surface area contributed by atoms with E-state index in [9.17, 15) is 8.78 Å². The number of alkyl halides is 2. The normalized spacial score (nSPS) is 18.7. The van der Waals surface area contributed by atoms with Gasteiger partial charge in [0, 0.05) is 24.6 Å². The summed E-state index contributed by atoms with van der Waals surface area (Å²) in [6, 6.07) is 0. The molecule has 104 valence electrons. The Kier molecular flexibility index (Phi) is 8.75. The van der Waals surface area contributed by atoms with Crippen LogP contribution in [0.4, 0.5) is 8.78 Å². The molecule has 0 saturated carbocycles.